The smallest absolute Gasteiger partial charge is 0.217 e. The number of hydrogen-bond donors (Lipinski definition) is 5. The number of hydrogen-bond acceptors (Lipinski definition) is 6. The van der Waals surface area contributed by atoms with E-state index in [0.717, 1.165) is 13.8 Å². The van der Waals surface area contributed by atoms with E-state index >= 15 is 0 Å². The first-order valence-corrected chi connectivity index (χ1v) is 6.47. The van der Waals surface area contributed by atoms with E-state index < -0.39 is 48.3 Å². The zero-order valence-electron chi connectivity index (χ0n) is 11.7. The van der Waals surface area contributed by atoms with E-state index in [1.165, 1.54) is 0 Å². The molecule has 0 spiro atoms. The summed E-state index contributed by atoms with van der Waals surface area (Å²) < 4.78 is 18.9. The fourth-order valence-electron chi connectivity index (χ4n) is 2.25. The molecule has 1 heterocycles. The van der Waals surface area contributed by atoms with Crippen LogP contribution in [0.2, 0.25) is 0 Å². The second-order valence-corrected chi connectivity index (χ2v) is 5.22. The molecule has 5 N–H and O–H groups in total. The molecule has 1 aliphatic rings. The number of rotatable bonds is 4. The molecule has 8 heteroatoms. The normalized spacial score (nSPS) is 41.0. The molecule has 20 heavy (non-hydrogen) atoms. The van der Waals surface area contributed by atoms with Gasteiger partial charge in [-0.05, 0) is 13.3 Å². The molecule has 0 aliphatic carbocycles. The van der Waals surface area contributed by atoms with Gasteiger partial charge in [0, 0.05) is 6.92 Å². The maximum atomic E-state index is 13.9. The standard InChI is InChI=1S/C12H22FNO6/c1-4-6(16)8(17)10-7(14-5(2)15)9(18)11(13)12(3,19)20-10/h6-11,16-19H,4H2,1-3H3,(H,14,15)/t6-,7-,8-,9-,10-,11-,12?/m1/s1. The van der Waals surface area contributed by atoms with Gasteiger partial charge >= 0.3 is 0 Å². The number of alkyl halides is 1. The van der Waals surface area contributed by atoms with Crippen molar-refractivity contribution in [2.45, 2.75) is 69.6 Å². The number of amides is 1. The van der Waals surface area contributed by atoms with Crippen LogP contribution in [0.1, 0.15) is 27.2 Å². The summed E-state index contributed by atoms with van der Waals surface area (Å²) in [6.07, 6.45) is -7.79. The minimum Gasteiger partial charge on any atom is -0.390 e. The molecule has 0 bridgehead atoms. The van der Waals surface area contributed by atoms with Crippen LogP contribution in [0.5, 0.6) is 0 Å². The Bertz CT molecular complexity index is 353. The van der Waals surface area contributed by atoms with Crippen molar-refractivity contribution in [3.63, 3.8) is 0 Å². The van der Waals surface area contributed by atoms with Gasteiger partial charge in [0.05, 0.1) is 12.1 Å². The number of ether oxygens (including phenoxy) is 1. The second-order valence-electron chi connectivity index (χ2n) is 5.22. The summed E-state index contributed by atoms with van der Waals surface area (Å²) in [4.78, 5) is 11.1. The van der Waals surface area contributed by atoms with E-state index in [-0.39, 0.29) is 6.42 Å². The second kappa shape index (κ2) is 6.31. The molecule has 0 saturated carbocycles. The van der Waals surface area contributed by atoms with Crippen LogP contribution in [0.25, 0.3) is 0 Å². The number of halogens is 1. The molecule has 1 rings (SSSR count). The lowest BCUT2D eigenvalue weighted by Crippen LogP contribution is -2.69. The van der Waals surface area contributed by atoms with Gasteiger partial charge in [-0.3, -0.25) is 4.79 Å². The van der Waals surface area contributed by atoms with Crippen LogP contribution in [-0.2, 0) is 9.53 Å². The summed E-state index contributed by atoms with van der Waals surface area (Å²) in [5, 5.41) is 41.6. The topological polar surface area (TPSA) is 119 Å². The van der Waals surface area contributed by atoms with E-state index in [1.54, 1.807) is 6.92 Å². The summed E-state index contributed by atoms with van der Waals surface area (Å²) in [6.45, 7) is 3.77. The molecule has 1 fully saturated rings. The Morgan fingerprint density at radius 3 is 2.50 bits per heavy atom. The van der Waals surface area contributed by atoms with Crippen molar-refractivity contribution in [2.75, 3.05) is 0 Å². The van der Waals surface area contributed by atoms with E-state index in [2.05, 4.69) is 5.32 Å². The summed E-state index contributed by atoms with van der Waals surface area (Å²) >= 11 is 0. The van der Waals surface area contributed by atoms with Crippen LogP contribution in [0.3, 0.4) is 0 Å². The van der Waals surface area contributed by atoms with Gasteiger partial charge in [-0.1, -0.05) is 6.92 Å². The molecular weight excluding hydrogens is 273 g/mol. The number of nitrogens with one attached hydrogen (secondary N) is 1. The maximum Gasteiger partial charge on any atom is 0.217 e. The predicted molar refractivity (Wildman–Crippen MR) is 66.3 cm³/mol. The molecule has 0 aromatic heterocycles. The average molecular weight is 295 g/mol. The van der Waals surface area contributed by atoms with Crippen LogP contribution in [0.15, 0.2) is 0 Å². The molecule has 0 aromatic carbocycles. The largest absolute Gasteiger partial charge is 0.390 e. The third kappa shape index (κ3) is 3.44. The van der Waals surface area contributed by atoms with Gasteiger partial charge < -0.3 is 30.5 Å². The van der Waals surface area contributed by atoms with Crippen molar-refractivity contribution in [1.29, 1.82) is 0 Å². The van der Waals surface area contributed by atoms with Crippen molar-refractivity contribution >= 4 is 5.91 Å². The Morgan fingerprint density at radius 2 is 2.05 bits per heavy atom. The molecule has 1 amide bonds. The summed E-state index contributed by atoms with van der Waals surface area (Å²) in [6, 6.07) is -1.28. The number of carbonyl (C=O) groups is 1. The minimum atomic E-state index is -2.33. The minimum absolute atomic E-state index is 0.186. The van der Waals surface area contributed by atoms with Crippen molar-refractivity contribution in [3.8, 4) is 0 Å². The Labute approximate surface area is 116 Å². The molecule has 0 aromatic rings. The van der Waals surface area contributed by atoms with Gasteiger partial charge in [0.1, 0.15) is 18.3 Å². The first kappa shape index (κ1) is 17.3. The summed E-state index contributed by atoms with van der Waals surface area (Å²) in [7, 11) is 0. The number of aliphatic hydroxyl groups is 4. The monoisotopic (exact) mass is 295 g/mol. The lowest BCUT2D eigenvalue weighted by atomic mass is 9.87. The summed E-state index contributed by atoms with van der Waals surface area (Å²) in [5.41, 5.74) is 0. The van der Waals surface area contributed by atoms with Crippen LogP contribution < -0.4 is 5.32 Å². The van der Waals surface area contributed by atoms with Gasteiger partial charge in [-0.2, -0.15) is 0 Å². The van der Waals surface area contributed by atoms with Crippen molar-refractivity contribution in [2.24, 2.45) is 0 Å². The average Bonchev–Trinajstić information content (AvgIpc) is 2.37. The number of aliphatic hydroxyl groups excluding tert-OH is 3. The zero-order valence-corrected chi connectivity index (χ0v) is 11.7. The molecule has 1 aliphatic heterocycles. The van der Waals surface area contributed by atoms with Gasteiger partial charge in [0.25, 0.3) is 0 Å². The fourth-order valence-corrected chi connectivity index (χ4v) is 2.25. The van der Waals surface area contributed by atoms with Gasteiger partial charge in [0.2, 0.25) is 5.91 Å². The van der Waals surface area contributed by atoms with Crippen molar-refractivity contribution in [3.05, 3.63) is 0 Å². The lowest BCUT2D eigenvalue weighted by Gasteiger charge is -2.47. The van der Waals surface area contributed by atoms with Crippen molar-refractivity contribution < 1.29 is 34.3 Å². The van der Waals surface area contributed by atoms with E-state index in [1.807, 2.05) is 0 Å². The first-order chi connectivity index (χ1) is 9.11. The maximum absolute atomic E-state index is 13.9. The van der Waals surface area contributed by atoms with Crippen LogP contribution in [0, 0.1) is 0 Å². The molecule has 1 unspecified atom stereocenters. The fraction of sp³-hybridized carbons (Fsp3) is 0.917. The SMILES string of the molecule is CC[C@@H](O)[C@@H](O)[C@@H]1OC(C)(O)[C@H](F)[C@H](O)[C@H]1NC(C)=O. The van der Waals surface area contributed by atoms with Gasteiger partial charge in [-0.15, -0.1) is 0 Å². The summed E-state index contributed by atoms with van der Waals surface area (Å²) in [5.74, 6) is -2.89. The van der Waals surface area contributed by atoms with Crippen LogP contribution in [0.4, 0.5) is 4.39 Å². The van der Waals surface area contributed by atoms with Crippen molar-refractivity contribution in [1.82, 2.24) is 5.32 Å². The molecular formula is C12H22FNO6. The van der Waals surface area contributed by atoms with Gasteiger partial charge in [0.15, 0.2) is 12.0 Å². The highest BCUT2D eigenvalue weighted by Gasteiger charge is 2.54. The third-order valence-corrected chi connectivity index (χ3v) is 3.43. The Balaban J connectivity index is 3.04. The van der Waals surface area contributed by atoms with E-state index in [0.29, 0.717) is 0 Å². The number of carbonyl (C=O) groups excluding carboxylic acids is 1. The highest BCUT2D eigenvalue weighted by Crippen LogP contribution is 2.32. The van der Waals surface area contributed by atoms with Crippen LogP contribution in [-0.4, -0.2) is 68.7 Å². The first-order valence-electron chi connectivity index (χ1n) is 6.47. The molecule has 1 saturated heterocycles. The quantitative estimate of drug-likeness (QED) is 0.427. The van der Waals surface area contributed by atoms with Gasteiger partial charge in [-0.25, -0.2) is 4.39 Å². The Hall–Kier alpha value is -0.800. The highest BCUT2D eigenvalue weighted by molar-refractivity contribution is 5.73. The third-order valence-electron chi connectivity index (χ3n) is 3.43. The lowest BCUT2D eigenvalue weighted by molar-refractivity contribution is -0.321. The Kier molecular flexibility index (Phi) is 5.45. The zero-order chi connectivity index (χ0) is 15.7. The molecule has 118 valence electrons. The van der Waals surface area contributed by atoms with Crippen LogP contribution >= 0.6 is 0 Å². The molecule has 7 atom stereocenters. The molecule has 0 radical (unpaired) electrons. The van der Waals surface area contributed by atoms with E-state index in [9.17, 15) is 29.6 Å². The predicted octanol–water partition coefficient (Wildman–Crippen LogP) is -1.57. The van der Waals surface area contributed by atoms with E-state index in [4.69, 9.17) is 4.74 Å². The molecule has 7 nitrogen and oxygen atoms in total. The highest BCUT2D eigenvalue weighted by atomic mass is 19.1. The Morgan fingerprint density at radius 1 is 1.50 bits per heavy atom.